The zero-order valence-corrected chi connectivity index (χ0v) is 14.4. The molecule has 1 unspecified atom stereocenters. The first-order valence-corrected chi connectivity index (χ1v) is 8.36. The first kappa shape index (κ1) is 14.8. The molecule has 1 aliphatic carbocycles. The lowest BCUT2D eigenvalue weighted by Crippen LogP contribution is -2.33. The molecule has 3 rings (SSSR count). The SMILES string of the molecule is C[C@@H](NC1c2ccccc2CC1(C)C)c1ccccc1Br. The molecular formula is C19H22BrN. The second kappa shape index (κ2) is 5.58. The normalized spacial score (nSPS) is 21.0. The zero-order valence-electron chi connectivity index (χ0n) is 12.9. The van der Waals surface area contributed by atoms with Crippen molar-refractivity contribution in [2.45, 2.75) is 39.3 Å². The Hall–Kier alpha value is -1.12. The Labute approximate surface area is 135 Å². The van der Waals surface area contributed by atoms with E-state index >= 15 is 0 Å². The van der Waals surface area contributed by atoms with Crippen molar-refractivity contribution in [3.63, 3.8) is 0 Å². The van der Waals surface area contributed by atoms with Crippen LogP contribution in [-0.4, -0.2) is 0 Å². The lowest BCUT2D eigenvalue weighted by Gasteiger charge is -2.32. The molecule has 0 saturated carbocycles. The van der Waals surface area contributed by atoms with Gasteiger partial charge in [-0.15, -0.1) is 0 Å². The minimum absolute atomic E-state index is 0.249. The van der Waals surface area contributed by atoms with E-state index in [1.807, 2.05) is 0 Å². The number of rotatable bonds is 3. The van der Waals surface area contributed by atoms with Crippen LogP contribution in [0.5, 0.6) is 0 Å². The molecule has 0 amide bonds. The largest absolute Gasteiger partial charge is 0.303 e. The van der Waals surface area contributed by atoms with Crippen molar-refractivity contribution >= 4 is 15.9 Å². The Morgan fingerprint density at radius 3 is 2.52 bits per heavy atom. The molecule has 0 saturated heterocycles. The fourth-order valence-corrected chi connectivity index (χ4v) is 4.10. The van der Waals surface area contributed by atoms with E-state index in [0.29, 0.717) is 12.1 Å². The smallest absolute Gasteiger partial charge is 0.0382 e. The maximum absolute atomic E-state index is 3.85. The average molecular weight is 344 g/mol. The van der Waals surface area contributed by atoms with E-state index < -0.39 is 0 Å². The highest BCUT2D eigenvalue weighted by molar-refractivity contribution is 9.10. The van der Waals surface area contributed by atoms with E-state index in [-0.39, 0.29) is 5.41 Å². The molecule has 0 aliphatic heterocycles. The van der Waals surface area contributed by atoms with Gasteiger partial charge in [-0.2, -0.15) is 0 Å². The maximum Gasteiger partial charge on any atom is 0.0382 e. The van der Waals surface area contributed by atoms with Crippen LogP contribution in [0.4, 0.5) is 0 Å². The van der Waals surface area contributed by atoms with Gasteiger partial charge in [0.1, 0.15) is 0 Å². The van der Waals surface area contributed by atoms with Gasteiger partial charge in [-0.1, -0.05) is 72.2 Å². The first-order valence-electron chi connectivity index (χ1n) is 7.57. The highest BCUT2D eigenvalue weighted by Gasteiger charge is 2.39. The van der Waals surface area contributed by atoms with Crippen molar-refractivity contribution in [1.82, 2.24) is 5.32 Å². The van der Waals surface area contributed by atoms with Gasteiger partial charge in [-0.25, -0.2) is 0 Å². The molecule has 1 N–H and O–H groups in total. The second-order valence-corrected chi connectivity index (χ2v) is 7.56. The third kappa shape index (κ3) is 2.79. The van der Waals surface area contributed by atoms with Crippen LogP contribution in [0, 0.1) is 5.41 Å². The number of nitrogens with one attached hydrogen (secondary N) is 1. The minimum Gasteiger partial charge on any atom is -0.303 e. The van der Waals surface area contributed by atoms with Crippen LogP contribution in [0.15, 0.2) is 53.0 Å². The molecule has 0 spiro atoms. The topological polar surface area (TPSA) is 12.0 Å². The highest BCUT2D eigenvalue weighted by atomic mass is 79.9. The van der Waals surface area contributed by atoms with Crippen LogP contribution in [0.1, 0.15) is 49.5 Å². The predicted octanol–water partition coefficient (Wildman–Crippen LogP) is 5.42. The Morgan fingerprint density at radius 1 is 1.10 bits per heavy atom. The molecule has 2 heteroatoms. The summed E-state index contributed by atoms with van der Waals surface area (Å²) in [4.78, 5) is 0. The monoisotopic (exact) mass is 343 g/mol. The summed E-state index contributed by atoms with van der Waals surface area (Å²) in [6.45, 7) is 6.96. The number of fused-ring (bicyclic) bond motifs is 1. The van der Waals surface area contributed by atoms with Crippen molar-refractivity contribution < 1.29 is 0 Å². The Bertz CT molecular complexity index is 648. The highest BCUT2D eigenvalue weighted by Crippen LogP contribution is 2.46. The summed E-state index contributed by atoms with van der Waals surface area (Å²) in [6, 6.07) is 18.0. The van der Waals surface area contributed by atoms with Crippen molar-refractivity contribution in [3.05, 3.63) is 69.7 Å². The summed E-state index contributed by atoms with van der Waals surface area (Å²) in [5, 5.41) is 3.85. The lowest BCUT2D eigenvalue weighted by atomic mass is 9.84. The van der Waals surface area contributed by atoms with Gasteiger partial charge in [0.05, 0.1) is 0 Å². The summed E-state index contributed by atoms with van der Waals surface area (Å²) in [6.07, 6.45) is 1.14. The summed E-state index contributed by atoms with van der Waals surface area (Å²) < 4.78 is 1.18. The predicted molar refractivity (Wildman–Crippen MR) is 92.4 cm³/mol. The Morgan fingerprint density at radius 2 is 1.76 bits per heavy atom. The molecule has 0 aromatic heterocycles. The zero-order chi connectivity index (χ0) is 15.0. The van der Waals surface area contributed by atoms with Gasteiger partial charge >= 0.3 is 0 Å². The van der Waals surface area contributed by atoms with E-state index in [2.05, 4.69) is 90.5 Å². The molecule has 1 aliphatic rings. The van der Waals surface area contributed by atoms with E-state index in [4.69, 9.17) is 0 Å². The fourth-order valence-electron chi connectivity index (χ4n) is 3.47. The molecule has 0 radical (unpaired) electrons. The molecule has 0 fully saturated rings. The van der Waals surface area contributed by atoms with Gasteiger partial charge in [-0.3, -0.25) is 0 Å². The Balaban J connectivity index is 1.89. The fraction of sp³-hybridized carbons (Fsp3) is 0.368. The molecular weight excluding hydrogens is 322 g/mol. The number of hydrogen-bond acceptors (Lipinski definition) is 1. The lowest BCUT2D eigenvalue weighted by molar-refractivity contribution is 0.252. The van der Waals surface area contributed by atoms with Crippen LogP contribution in [0.25, 0.3) is 0 Å². The molecule has 2 aromatic rings. The van der Waals surface area contributed by atoms with Crippen molar-refractivity contribution in [1.29, 1.82) is 0 Å². The molecule has 21 heavy (non-hydrogen) atoms. The second-order valence-electron chi connectivity index (χ2n) is 6.71. The molecule has 110 valence electrons. The molecule has 1 nitrogen and oxygen atoms in total. The van der Waals surface area contributed by atoms with Gasteiger partial charge < -0.3 is 5.32 Å². The van der Waals surface area contributed by atoms with Crippen molar-refractivity contribution in [2.24, 2.45) is 5.41 Å². The molecule has 2 atom stereocenters. The van der Waals surface area contributed by atoms with Gasteiger partial charge in [-0.05, 0) is 41.5 Å². The van der Waals surface area contributed by atoms with E-state index in [1.165, 1.54) is 21.2 Å². The number of hydrogen-bond donors (Lipinski definition) is 1. The maximum atomic E-state index is 3.85. The van der Waals surface area contributed by atoms with E-state index in [0.717, 1.165) is 6.42 Å². The molecule has 0 heterocycles. The standard InChI is InChI=1S/C19H22BrN/c1-13(15-9-6-7-11-17(15)20)21-18-16-10-5-4-8-14(16)12-19(18,2)3/h4-11,13,18,21H,12H2,1-3H3/t13-,18?/m1/s1. The molecule has 0 bridgehead atoms. The summed E-state index contributed by atoms with van der Waals surface area (Å²) in [7, 11) is 0. The van der Waals surface area contributed by atoms with Gasteiger partial charge in [0.25, 0.3) is 0 Å². The van der Waals surface area contributed by atoms with Gasteiger partial charge in [0.15, 0.2) is 0 Å². The van der Waals surface area contributed by atoms with Crippen LogP contribution in [0.3, 0.4) is 0 Å². The summed E-state index contributed by atoms with van der Waals surface area (Å²) in [5.41, 5.74) is 4.51. The number of halogens is 1. The first-order chi connectivity index (χ1) is 9.99. The quantitative estimate of drug-likeness (QED) is 0.784. The van der Waals surface area contributed by atoms with E-state index in [9.17, 15) is 0 Å². The Kier molecular flexibility index (Phi) is 3.94. The van der Waals surface area contributed by atoms with Crippen LogP contribution in [0.2, 0.25) is 0 Å². The summed E-state index contributed by atoms with van der Waals surface area (Å²) >= 11 is 3.67. The average Bonchev–Trinajstić information content (AvgIpc) is 2.70. The van der Waals surface area contributed by atoms with Crippen LogP contribution < -0.4 is 5.32 Å². The number of benzene rings is 2. The summed E-state index contributed by atoms with van der Waals surface area (Å²) in [5.74, 6) is 0. The van der Waals surface area contributed by atoms with Gasteiger partial charge in [0.2, 0.25) is 0 Å². The molecule has 2 aromatic carbocycles. The van der Waals surface area contributed by atoms with Gasteiger partial charge in [0, 0.05) is 16.6 Å². The van der Waals surface area contributed by atoms with Crippen LogP contribution in [-0.2, 0) is 6.42 Å². The van der Waals surface area contributed by atoms with Crippen molar-refractivity contribution in [3.8, 4) is 0 Å². The van der Waals surface area contributed by atoms with Crippen molar-refractivity contribution in [2.75, 3.05) is 0 Å². The minimum atomic E-state index is 0.249. The van der Waals surface area contributed by atoms with E-state index in [1.54, 1.807) is 0 Å². The third-order valence-corrected chi connectivity index (χ3v) is 5.30. The van der Waals surface area contributed by atoms with Crippen LogP contribution >= 0.6 is 15.9 Å². The third-order valence-electron chi connectivity index (χ3n) is 4.58.